The first-order valence-electron chi connectivity index (χ1n) is 8.02. The average molecular weight is 309 g/mol. The minimum Gasteiger partial charge on any atom is -0.334 e. The molecular weight excluding hydrogens is 286 g/mol. The highest BCUT2D eigenvalue weighted by Crippen LogP contribution is 2.08. The molecule has 3 aromatic rings. The van der Waals surface area contributed by atoms with E-state index in [9.17, 15) is 0 Å². The maximum absolute atomic E-state index is 4.43. The molecule has 5 heteroatoms. The molecule has 0 spiro atoms. The predicted molar refractivity (Wildman–Crippen MR) is 91.7 cm³/mol. The van der Waals surface area contributed by atoms with Crippen LogP contribution in [-0.2, 0) is 13.0 Å². The first kappa shape index (κ1) is 15.5. The van der Waals surface area contributed by atoms with Crippen LogP contribution in [0.15, 0.2) is 55.1 Å². The summed E-state index contributed by atoms with van der Waals surface area (Å²) < 4.78 is 4.10. The van der Waals surface area contributed by atoms with E-state index < -0.39 is 0 Å². The van der Waals surface area contributed by atoms with E-state index in [0.717, 1.165) is 31.0 Å². The van der Waals surface area contributed by atoms with Gasteiger partial charge in [-0.05, 0) is 44.5 Å². The topological polar surface area (TPSA) is 47.7 Å². The molecular formula is C18H23N5. The molecule has 1 aromatic carbocycles. The van der Waals surface area contributed by atoms with Crippen LogP contribution in [-0.4, -0.2) is 31.9 Å². The number of hydrogen-bond donors (Lipinski definition) is 1. The lowest BCUT2D eigenvalue weighted by atomic mass is 10.2. The Hall–Kier alpha value is -2.40. The molecule has 0 saturated carbocycles. The van der Waals surface area contributed by atoms with Crippen LogP contribution in [0.25, 0.3) is 5.69 Å². The summed E-state index contributed by atoms with van der Waals surface area (Å²) in [6.07, 6.45) is 8.89. The van der Waals surface area contributed by atoms with E-state index in [0.29, 0.717) is 6.04 Å². The van der Waals surface area contributed by atoms with Gasteiger partial charge in [-0.2, -0.15) is 5.10 Å². The summed E-state index contributed by atoms with van der Waals surface area (Å²) in [5, 5.41) is 7.99. The monoisotopic (exact) mass is 309 g/mol. The van der Waals surface area contributed by atoms with Gasteiger partial charge in [-0.3, -0.25) is 0 Å². The third-order valence-electron chi connectivity index (χ3n) is 3.96. The van der Waals surface area contributed by atoms with Crippen LogP contribution in [0.4, 0.5) is 0 Å². The third kappa shape index (κ3) is 4.07. The fraction of sp³-hybridized carbons (Fsp3) is 0.333. The molecule has 1 atom stereocenters. The lowest BCUT2D eigenvalue weighted by molar-refractivity contribution is 0.474. The molecule has 1 unspecified atom stereocenters. The highest BCUT2D eigenvalue weighted by Gasteiger charge is 2.05. The molecule has 0 aliphatic carbocycles. The molecule has 2 heterocycles. The molecule has 0 fully saturated rings. The van der Waals surface area contributed by atoms with Crippen molar-refractivity contribution in [3.05, 3.63) is 66.5 Å². The largest absolute Gasteiger partial charge is 0.334 e. The van der Waals surface area contributed by atoms with Crippen LogP contribution in [0.1, 0.15) is 18.3 Å². The van der Waals surface area contributed by atoms with Crippen LogP contribution >= 0.6 is 0 Å². The lowest BCUT2D eigenvalue weighted by Crippen LogP contribution is -2.32. The fourth-order valence-corrected chi connectivity index (χ4v) is 2.63. The fourth-order valence-electron chi connectivity index (χ4n) is 2.63. The van der Waals surface area contributed by atoms with Crippen molar-refractivity contribution < 1.29 is 0 Å². The summed E-state index contributed by atoms with van der Waals surface area (Å²) in [5.74, 6) is 1.06. The van der Waals surface area contributed by atoms with Gasteiger partial charge in [-0.15, -0.1) is 0 Å². The quantitative estimate of drug-likeness (QED) is 0.730. The molecule has 120 valence electrons. The molecule has 0 amide bonds. The number of nitrogens with zero attached hydrogens (tertiary/aromatic N) is 4. The average Bonchev–Trinajstić information content (AvgIpc) is 3.18. The number of aryl methyl sites for hydroxylation is 1. The standard InChI is InChI=1S/C18H23N5/c1-15(13-22-11-10-20-16(22)2)19-9-8-17-12-21-23(14-17)18-6-4-3-5-7-18/h3-7,10-12,14-15,19H,8-9,13H2,1-2H3. The SMILES string of the molecule is Cc1nccn1CC(C)NCCc1cnn(-c2ccccc2)c1. The van der Waals surface area contributed by atoms with E-state index in [2.05, 4.69) is 45.2 Å². The summed E-state index contributed by atoms with van der Waals surface area (Å²) in [6.45, 7) is 6.11. The molecule has 0 saturated heterocycles. The van der Waals surface area contributed by atoms with Crippen LogP contribution in [0.3, 0.4) is 0 Å². The summed E-state index contributed by atoms with van der Waals surface area (Å²) in [6, 6.07) is 10.6. The van der Waals surface area contributed by atoms with Gasteiger partial charge in [0.2, 0.25) is 0 Å². The van der Waals surface area contributed by atoms with E-state index in [1.807, 2.05) is 48.4 Å². The van der Waals surface area contributed by atoms with E-state index in [4.69, 9.17) is 0 Å². The Bertz CT molecular complexity index is 729. The van der Waals surface area contributed by atoms with Gasteiger partial charge in [-0.25, -0.2) is 9.67 Å². The second-order valence-corrected chi connectivity index (χ2v) is 5.86. The number of aromatic nitrogens is 4. The molecule has 3 rings (SSSR count). The van der Waals surface area contributed by atoms with Crippen molar-refractivity contribution in [3.8, 4) is 5.69 Å². The highest BCUT2D eigenvalue weighted by atomic mass is 15.3. The summed E-state index contributed by atoms with van der Waals surface area (Å²) >= 11 is 0. The van der Waals surface area contributed by atoms with Gasteiger partial charge in [0, 0.05) is 31.2 Å². The Morgan fingerprint density at radius 1 is 1.22 bits per heavy atom. The number of rotatable bonds is 7. The molecule has 0 aliphatic heterocycles. The molecule has 2 aromatic heterocycles. The van der Waals surface area contributed by atoms with Crippen molar-refractivity contribution in [2.24, 2.45) is 0 Å². The first-order chi connectivity index (χ1) is 11.2. The zero-order chi connectivity index (χ0) is 16.1. The summed E-state index contributed by atoms with van der Waals surface area (Å²) in [4.78, 5) is 4.25. The van der Waals surface area contributed by atoms with Crippen LogP contribution in [0.5, 0.6) is 0 Å². The minimum atomic E-state index is 0.409. The van der Waals surface area contributed by atoms with Gasteiger partial charge in [0.25, 0.3) is 0 Å². The van der Waals surface area contributed by atoms with Crippen molar-refractivity contribution in [3.63, 3.8) is 0 Å². The van der Waals surface area contributed by atoms with Crippen molar-refractivity contribution >= 4 is 0 Å². The number of para-hydroxylation sites is 1. The second kappa shape index (κ2) is 7.24. The Morgan fingerprint density at radius 2 is 2.04 bits per heavy atom. The van der Waals surface area contributed by atoms with E-state index in [1.54, 1.807) is 0 Å². The van der Waals surface area contributed by atoms with E-state index in [-0.39, 0.29) is 0 Å². The minimum absolute atomic E-state index is 0.409. The van der Waals surface area contributed by atoms with Gasteiger partial charge in [0.15, 0.2) is 0 Å². The highest BCUT2D eigenvalue weighted by molar-refractivity contribution is 5.30. The van der Waals surface area contributed by atoms with Crippen molar-refractivity contribution in [1.82, 2.24) is 24.6 Å². The van der Waals surface area contributed by atoms with Gasteiger partial charge < -0.3 is 9.88 Å². The lowest BCUT2D eigenvalue weighted by Gasteiger charge is -2.15. The van der Waals surface area contributed by atoms with Crippen molar-refractivity contribution in [2.45, 2.75) is 32.9 Å². The van der Waals surface area contributed by atoms with Gasteiger partial charge in [0.05, 0.1) is 11.9 Å². The smallest absolute Gasteiger partial charge is 0.105 e. The zero-order valence-corrected chi connectivity index (χ0v) is 13.7. The van der Waals surface area contributed by atoms with Gasteiger partial charge in [-0.1, -0.05) is 18.2 Å². The van der Waals surface area contributed by atoms with Crippen molar-refractivity contribution in [2.75, 3.05) is 6.54 Å². The molecule has 5 nitrogen and oxygen atoms in total. The normalized spacial score (nSPS) is 12.4. The molecule has 0 aliphatic rings. The maximum Gasteiger partial charge on any atom is 0.105 e. The molecule has 1 N–H and O–H groups in total. The number of hydrogen-bond acceptors (Lipinski definition) is 3. The van der Waals surface area contributed by atoms with E-state index >= 15 is 0 Å². The van der Waals surface area contributed by atoms with Crippen LogP contribution < -0.4 is 5.32 Å². The van der Waals surface area contributed by atoms with Crippen LogP contribution in [0, 0.1) is 6.92 Å². The first-order valence-corrected chi connectivity index (χ1v) is 8.02. The van der Waals surface area contributed by atoms with E-state index in [1.165, 1.54) is 5.56 Å². The molecule has 0 radical (unpaired) electrons. The molecule has 23 heavy (non-hydrogen) atoms. The summed E-state index contributed by atoms with van der Waals surface area (Å²) in [5.41, 5.74) is 2.34. The number of nitrogens with one attached hydrogen (secondary N) is 1. The summed E-state index contributed by atoms with van der Waals surface area (Å²) in [7, 11) is 0. The predicted octanol–water partition coefficient (Wildman–Crippen LogP) is 2.60. The Morgan fingerprint density at radius 3 is 2.78 bits per heavy atom. The third-order valence-corrected chi connectivity index (χ3v) is 3.96. The Kier molecular flexibility index (Phi) is 4.88. The zero-order valence-electron chi connectivity index (χ0n) is 13.7. The van der Waals surface area contributed by atoms with Gasteiger partial charge >= 0.3 is 0 Å². The Balaban J connectivity index is 1.48. The number of benzene rings is 1. The van der Waals surface area contributed by atoms with Gasteiger partial charge in [0.1, 0.15) is 5.82 Å². The molecule has 0 bridgehead atoms. The second-order valence-electron chi connectivity index (χ2n) is 5.86. The van der Waals surface area contributed by atoms with Crippen molar-refractivity contribution in [1.29, 1.82) is 0 Å². The number of imidazole rings is 1. The Labute approximate surface area is 137 Å². The maximum atomic E-state index is 4.43. The van der Waals surface area contributed by atoms with Crippen LogP contribution in [0.2, 0.25) is 0 Å².